The molecule has 29 heavy (non-hydrogen) atoms. The van der Waals surface area contributed by atoms with Gasteiger partial charge < -0.3 is 4.74 Å². The number of aryl methyl sites for hydroxylation is 1. The van der Waals surface area contributed by atoms with Gasteiger partial charge in [-0.05, 0) is 44.0 Å². The van der Waals surface area contributed by atoms with Gasteiger partial charge in [-0.3, -0.25) is 9.59 Å². The predicted molar refractivity (Wildman–Crippen MR) is 112 cm³/mol. The average Bonchev–Trinajstić information content (AvgIpc) is 2.72. The van der Waals surface area contributed by atoms with Crippen molar-refractivity contribution in [2.45, 2.75) is 24.7 Å². The zero-order valence-corrected chi connectivity index (χ0v) is 18.4. The molecule has 8 heteroatoms. The summed E-state index contributed by atoms with van der Waals surface area (Å²) in [6.07, 6.45) is 0.743. The van der Waals surface area contributed by atoms with Gasteiger partial charge in [0.15, 0.2) is 12.4 Å². The van der Waals surface area contributed by atoms with E-state index in [1.807, 2.05) is 6.92 Å². The summed E-state index contributed by atoms with van der Waals surface area (Å²) in [6.45, 7) is 2.07. The molecule has 1 saturated heterocycles. The van der Waals surface area contributed by atoms with Crippen LogP contribution in [-0.4, -0.2) is 44.2 Å². The van der Waals surface area contributed by atoms with Crippen LogP contribution < -0.4 is 0 Å². The van der Waals surface area contributed by atoms with Crippen LogP contribution in [0.15, 0.2) is 57.9 Å². The molecule has 0 radical (unpaired) electrons. The Hall–Kier alpha value is -2.03. The largest absolute Gasteiger partial charge is 0.457 e. The quantitative estimate of drug-likeness (QED) is 0.467. The Labute approximate surface area is 179 Å². The van der Waals surface area contributed by atoms with Gasteiger partial charge in [0.25, 0.3) is 0 Å². The van der Waals surface area contributed by atoms with Crippen molar-refractivity contribution in [1.82, 2.24) is 4.31 Å². The molecule has 0 N–H and O–H groups in total. The molecular weight excluding hydrogens is 458 g/mol. The second-order valence-corrected chi connectivity index (χ2v) is 9.88. The number of esters is 1. The van der Waals surface area contributed by atoms with Crippen LogP contribution >= 0.6 is 15.9 Å². The fourth-order valence-corrected chi connectivity index (χ4v) is 4.90. The first kappa shape index (κ1) is 21.7. The molecule has 0 aromatic heterocycles. The smallest absolute Gasteiger partial charge is 0.309 e. The lowest BCUT2D eigenvalue weighted by molar-refractivity contribution is -0.148. The van der Waals surface area contributed by atoms with Crippen molar-refractivity contribution < 1.29 is 22.7 Å². The summed E-state index contributed by atoms with van der Waals surface area (Å²) in [6, 6.07) is 13.5. The number of rotatable bonds is 6. The maximum atomic E-state index is 12.7. The number of ketones is 1. The Kier molecular flexibility index (Phi) is 6.87. The number of sulfonamides is 1. The first-order chi connectivity index (χ1) is 13.8. The Bertz CT molecular complexity index is 979. The summed E-state index contributed by atoms with van der Waals surface area (Å²) in [7, 11) is -3.57. The van der Waals surface area contributed by atoms with Crippen LogP contribution in [-0.2, 0) is 19.6 Å². The van der Waals surface area contributed by atoms with Crippen LogP contribution in [0.2, 0.25) is 0 Å². The van der Waals surface area contributed by atoms with Crippen molar-refractivity contribution in [1.29, 1.82) is 0 Å². The van der Waals surface area contributed by atoms with Crippen LogP contribution in [0, 0.1) is 12.8 Å². The third kappa shape index (κ3) is 5.32. The lowest BCUT2D eigenvalue weighted by Crippen LogP contribution is -2.40. The number of hydrogen-bond acceptors (Lipinski definition) is 5. The Balaban J connectivity index is 1.52. The van der Waals surface area contributed by atoms with Crippen molar-refractivity contribution in [2.24, 2.45) is 5.92 Å². The van der Waals surface area contributed by atoms with Gasteiger partial charge in [0.1, 0.15) is 0 Å². The number of carbonyl (C=O) groups excluding carboxylic acids is 2. The normalized spacial score (nSPS) is 15.8. The predicted octanol–water partition coefficient (Wildman–Crippen LogP) is 3.58. The molecule has 0 bridgehead atoms. The average molecular weight is 480 g/mol. The van der Waals surface area contributed by atoms with Gasteiger partial charge in [-0.15, -0.1) is 0 Å². The van der Waals surface area contributed by atoms with Crippen LogP contribution in [0.1, 0.15) is 28.8 Å². The summed E-state index contributed by atoms with van der Waals surface area (Å²) in [5.41, 5.74) is 1.46. The fourth-order valence-electron chi connectivity index (χ4n) is 3.16. The monoisotopic (exact) mass is 479 g/mol. The highest BCUT2D eigenvalue weighted by Crippen LogP contribution is 2.25. The summed E-state index contributed by atoms with van der Waals surface area (Å²) in [5, 5.41) is 0. The summed E-state index contributed by atoms with van der Waals surface area (Å²) in [4.78, 5) is 24.7. The van der Waals surface area contributed by atoms with E-state index >= 15 is 0 Å². The van der Waals surface area contributed by atoms with Crippen molar-refractivity contribution in [3.63, 3.8) is 0 Å². The standard InChI is InChI=1S/C21H22BrNO5S/c1-15-2-8-19(9-3-15)29(26,27)23-12-10-17(11-13-23)21(25)28-14-20(24)16-4-6-18(22)7-5-16/h2-9,17H,10-14H2,1H3. The number of hydrogen-bond donors (Lipinski definition) is 0. The second kappa shape index (κ2) is 9.19. The van der Waals surface area contributed by atoms with E-state index in [9.17, 15) is 18.0 Å². The number of ether oxygens (including phenoxy) is 1. The van der Waals surface area contributed by atoms with E-state index in [0.717, 1.165) is 10.0 Å². The van der Waals surface area contributed by atoms with Gasteiger partial charge in [0.05, 0.1) is 10.8 Å². The molecule has 1 aliphatic rings. The highest BCUT2D eigenvalue weighted by atomic mass is 79.9. The van der Waals surface area contributed by atoms with E-state index in [0.29, 0.717) is 18.4 Å². The summed E-state index contributed by atoms with van der Waals surface area (Å²) >= 11 is 3.30. The fraction of sp³-hybridized carbons (Fsp3) is 0.333. The zero-order valence-electron chi connectivity index (χ0n) is 16.0. The maximum absolute atomic E-state index is 12.7. The molecule has 0 amide bonds. The highest BCUT2D eigenvalue weighted by molar-refractivity contribution is 9.10. The molecule has 0 aliphatic carbocycles. The highest BCUT2D eigenvalue weighted by Gasteiger charge is 2.33. The number of Topliss-reactive ketones (excluding diaryl/α,β-unsaturated/α-hetero) is 1. The minimum atomic E-state index is -3.57. The molecule has 1 heterocycles. The van der Waals surface area contributed by atoms with Gasteiger partial charge >= 0.3 is 5.97 Å². The molecule has 0 saturated carbocycles. The van der Waals surface area contributed by atoms with E-state index < -0.39 is 21.9 Å². The topological polar surface area (TPSA) is 80.8 Å². The van der Waals surface area contributed by atoms with Crippen LogP contribution in [0.3, 0.4) is 0 Å². The summed E-state index contributed by atoms with van der Waals surface area (Å²) < 4.78 is 32.9. The number of piperidine rings is 1. The summed E-state index contributed by atoms with van der Waals surface area (Å²) in [5.74, 6) is -1.13. The minimum Gasteiger partial charge on any atom is -0.457 e. The van der Waals surface area contributed by atoms with Crippen LogP contribution in [0.5, 0.6) is 0 Å². The van der Waals surface area contributed by atoms with E-state index in [1.54, 1.807) is 48.5 Å². The molecule has 6 nitrogen and oxygen atoms in total. The minimum absolute atomic E-state index is 0.247. The molecule has 0 unspecified atom stereocenters. The molecular formula is C21H22BrNO5S. The second-order valence-electron chi connectivity index (χ2n) is 7.03. The van der Waals surface area contributed by atoms with Gasteiger partial charge in [-0.25, -0.2) is 8.42 Å². The Morgan fingerprint density at radius 3 is 2.21 bits per heavy atom. The first-order valence-electron chi connectivity index (χ1n) is 9.29. The van der Waals surface area contributed by atoms with E-state index in [1.165, 1.54) is 4.31 Å². The molecule has 2 aromatic carbocycles. The molecule has 2 aromatic rings. The lowest BCUT2D eigenvalue weighted by Gasteiger charge is -2.30. The van der Waals surface area contributed by atoms with Crippen molar-refractivity contribution in [3.8, 4) is 0 Å². The van der Waals surface area contributed by atoms with E-state index in [4.69, 9.17) is 4.74 Å². The molecule has 0 spiro atoms. The third-order valence-electron chi connectivity index (χ3n) is 4.96. The zero-order chi connectivity index (χ0) is 21.0. The van der Waals surface area contributed by atoms with E-state index in [2.05, 4.69) is 15.9 Å². The SMILES string of the molecule is Cc1ccc(S(=O)(=O)N2CCC(C(=O)OCC(=O)c3ccc(Br)cc3)CC2)cc1. The van der Waals surface area contributed by atoms with Gasteiger partial charge in [-0.1, -0.05) is 45.8 Å². The number of halogens is 1. The van der Waals surface area contributed by atoms with Gasteiger partial charge in [0.2, 0.25) is 10.0 Å². The van der Waals surface area contributed by atoms with E-state index in [-0.39, 0.29) is 30.4 Å². The van der Waals surface area contributed by atoms with Crippen LogP contribution in [0.4, 0.5) is 0 Å². The number of nitrogens with zero attached hydrogens (tertiary/aromatic N) is 1. The maximum Gasteiger partial charge on any atom is 0.309 e. The molecule has 3 rings (SSSR count). The lowest BCUT2D eigenvalue weighted by atomic mass is 9.98. The van der Waals surface area contributed by atoms with Crippen molar-refractivity contribution in [3.05, 3.63) is 64.1 Å². The van der Waals surface area contributed by atoms with Crippen LogP contribution in [0.25, 0.3) is 0 Å². The third-order valence-corrected chi connectivity index (χ3v) is 7.40. The molecule has 0 atom stereocenters. The van der Waals surface area contributed by atoms with Crippen molar-refractivity contribution >= 4 is 37.7 Å². The van der Waals surface area contributed by atoms with Crippen molar-refractivity contribution in [2.75, 3.05) is 19.7 Å². The number of benzene rings is 2. The Morgan fingerprint density at radius 1 is 1.03 bits per heavy atom. The Morgan fingerprint density at radius 2 is 1.62 bits per heavy atom. The molecule has 1 fully saturated rings. The number of carbonyl (C=O) groups is 2. The molecule has 1 aliphatic heterocycles. The van der Waals surface area contributed by atoms with Gasteiger partial charge in [-0.2, -0.15) is 4.31 Å². The first-order valence-corrected chi connectivity index (χ1v) is 11.5. The molecule has 154 valence electrons. The van der Waals surface area contributed by atoms with Gasteiger partial charge in [0, 0.05) is 23.1 Å².